The first-order chi connectivity index (χ1) is 14.8. The van der Waals surface area contributed by atoms with Crippen LogP contribution in [0.5, 0.6) is 0 Å². The van der Waals surface area contributed by atoms with Crippen LogP contribution in [0.15, 0.2) is 79.4 Å². The Balaban J connectivity index is 1.29. The molecule has 0 atom stereocenters. The zero-order valence-electron chi connectivity index (χ0n) is 16.7. The van der Waals surface area contributed by atoms with Gasteiger partial charge in [0.1, 0.15) is 6.61 Å². The van der Waals surface area contributed by atoms with Gasteiger partial charge < -0.3 is 10.1 Å². The molecular weight excluding hydrogens is 370 g/mol. The average molecular weight is 393 g/mol. The van der Waals surface area contributed by atoms with Gasteiger partial charge in [-0.15, -0.1) is 0 Å². The number of nitrogens with one attached hydrogen (secondary N) is 1. The molecule has 3 heteroatoms. The molecule has 148 valence electrons. The lowest BCUT2D eigenvalue weighted by Crippen LogP contribution is -2.26. The summed E-state index contributed by atoms with van der Waals surface area (Å²) in [6.45, 7) is 4.53. The van der Waals surface area contributed by atoms with Crippen LogP contribution in [0.4, 0.5) is 4.79 Å². The Hall–Kier alpha value is -3.77. The Bertz CT molecular complexity index is 1090. The van der Waals surface area contributed by atoms with Gasteiger partial charge in [0.15, 0.2) is 0 Å². The van der Waals surface area contributed by atoms with E-state index in [0.717, 1.165) is 11.1 Å². The van der Waals surface area contributed by atoms with Crippen LogP contribution < -0.4 is 5.32 Å². The molecule has 0 heterocycles. The Morgan fingerprint density at radius 1 is 1.00 bits per heavy atom. The lowest BCUT2D eigenvalue weighted by Gasteiger charge is -2.14. The summed E-state index contributed by atoms with van der Waals surface area (Å²) in [4.78, 5) is 12.1. The van der Waals surface area contributed by atoms with E-state index in [1.165, 1.54) is 22.3 Å². The summed E-state index contributed by atoms with van der Waals surface area (Å²) in [6.07, 6.45) is 1.94. The van der Waals surface area contributed by atoms with Crippen molar-refractivity contribution in [2.24, 2.45) is 0 Å². The summed E-state index contributed by atoms with van der Waals surface area (Å²) in [6, 6.07) is 24.5. The summed E-state index contributed by atoms with van der Waals surface area (Å²) in [7, 11) is 0. The minimum absolute atomic E-state index is 0.0695. The maximum atomic E-state index is 12.1. The number of amides is 1. The fourth-order valence-corrected chi connectivity index (χ4v) is 3.78. The zero-order chi connectivity index (χ0) is 20.8. The number of ether oxygens (including phenoxy) is 1. The highest BCUT2D eigenvalue weighted by atomic mass is 16.5. The number of alkyl carbamates (subject to hydrolysis) is 1. The van der Waals surface area contributed by atoms with E-state index in [9.17, 15) is 4.79 Å². The van der Waals surface area contributed by atoms with E-state index in [1.54, 1.807) is 6.08 Å². The van der Waals surface area contributed by atoms with Gasteiger partial charge in [0.2, 0.25) is 0 Å². The molecule has 0 aromatic heterocycles. The highest BCUT2D eigenvalue weighted by molar-refractivity contribution is 5.79. The van der Waals surface area contributed by atoms with E-state index >= 15 is 0 Å². The van der Waals surface area contributed by atoms with Crippen LogP contribution in [-0.2, 0) is 4.74 Å². The van der Waals surface area contributed by atoms with Crippen LogP contribution in [0.3, 0.4) is 0 Å². The molecule has 0 aliphatic heterocycles. The zero-order valence-corrected chi connectivity index (χ0v) is 16.7. The molecule has 0 fully saturated rings. The third-order valence-electron chi connectivity index (χ3n) is 5.22. The second kappa shape index (κ2) is 9.15. The van der Waals surface area contributed by atoms with Crippen molar-refractivity contribution >= 4 is 12.2 Å². The van der Waals surface area contributed by atoms with E-state index in [2.05, 4.69) is 48.0 Å². The van der Waals surface area contributed by atoms with Crippen molar-refractivity contribution in [2.45, 2.75) is 12.3 Å². The maximum absolute atomic E-state index is 12.1. The van der Waals surface area contributed by atoms with Gasteiger partial charge in [0, 0.05) is 24.4 Å². The van der Waals surface area contributed by atoms with Crippen molar-refractivity contribution in [3.63, 3.8) is 0 Å². The van der Waals surface area contributed by atoms with Crippen molar-refractivity contribution in [3.8, 4) is 23.0 Å². The Morgan fingerprint density at radius 2 is 1.70 bits per heavy atom. The molecule has 1 amide bonds. The summed E-state index contributed by atoms with van der Waals surface area (Å²) >= 11 is 0. The molecule has 0 unspecified atom stereocenters. The van der Waals surface area contributed by atoms with Gasteiger partial charge in [-0.3, -0.25) is 0 Å². The van der Waals surface area contributed by atoms with Crippen LogP contribution in [0, 0.1) is 11.8 Å². The molecule has 0 saturated heterocycles. The molecule has 3 nitrogen and oxygen atoms in total. The molecule has 1 aliphatic carbocycles. The van der Waals surface area contributed by atoms with Gasteiger partial charge in [-0.2, -0.15) is 0 Å². The second-order valence-electron chi connectivity index (χ2n) is 7.13. The number of fused-ring (bicyclic) bond motifs is 3. The molecule has 0 bridgehead atoms. The van der Waals surface area contributed by atoms with Gasteiger partial charge in [0.25, 0.3) is 0 Å². The SMILES string of the molecule is C=Cc1cccc(C#CCCNC(=O)OCC2c3ccccc3-c3ccccc32)c1. The number of hydrogen-bond donors (Lipinski definition) is 1. The fraction of sp³-hybridized carbons (Fsp3) is 0.148. The van der Waals surface area contributed by atoms with Crippen molar-refractivity contribution in [1.82, 2.24) is 5.32 Å². The van der Waals surface area contributed by atoms with E-state index in [4.69, 9.17) is 4.74 Å². The number of benzene rings is 3. The second-order valence-corrected chi connectivity index (χ2v) is 7.13. The van der Waals surface area contributed by atoms with Gasteiger partial charge >= 0.3 is 6.09 Å². The van der Waals surface area contributed by atoms with Crippen LogP contribution in [-0.4, -0.2) is 19.2 Å². The highest BCUT2D eigenvalue weighted by Gasteiger charge is 2.28. The number of rotatable bonds is 5. The van der Waals surface area contributed by atoms with E-state index in [0.29, 0.717) is 19.6 Å². The van der Waals surface area contributed by atoms with Crippen molar-refractivity contribution in [1.29, 1.82) is 0 Å². The summed E-state index contributed by atoms with van der Waals surface area (Å²) in [5, 5.41) is 2.78. The summed E-state index contributed by atoms with van der Waals surface area (Å²) in [5.74, 6) is 6.25. The smallest absolute Gasteiger partial charge is 0.407 e. The third kappa shape index (κ3) is 4.29. The number of carbonyl (C=O) groups is 1. The Kier molecular flexibility index (Phi) is 5.96. The van der Waals surface area contributed by atoms with Crippen molar-refractivity contribution in [3.05, 3.63) is 102 Å². The highest BCUT2D eigenvalue weighted by Crippen LogP contribution is 2.44. The molecule has 0 saturated carbocycles. The largest absolute Gasteiger partial charge is 0.449 e. The van der Waals surface area contributed by atoms with E-state index in [-0.39, 0.29) is 5.92 Å². The topological polar surface area (TPSA) is 38.3 Å². The van der Waals surface area contributed by atoms with E-state index < -0.39 is 6.09 Å². The predicted molar refractivity (Wildman–Crippen MR) is 121 cm³/mol. The lowest BCUT2D eigenvalue weighted by molar-refractivity contribution is 0.143. The summed E-state index contributed by atoms with van der Waals surface area (Å²) < 4.78 is 5.53. The van der Waals surface area contributed by atoms with Crippen molar-refractivity contribution < 1.29 is 9.53 Å². The van der Waals surface area contributed by atoms with Crippen LogP contribution in [0.25, 0.3) is 17.2 Å². The van der Waals surface area contributed by atoms with Gasteiger partial charge in [-0.25, -0.2) is 4.79 Å². The molecule has 1 N–H and O–H groups in total. The van der Waals surface area contributed by atoms with E-state index in [1.807, 2.05) is 48.5 Å². The maximum Gasteiger partial charge on any atom is 0.407 e. The van der Waals surface area contributed by atoms with Gasteiger partial charge in [-0.05, 0) is 39.9 Å². The number of carbonyl (C=O) groups excluding carboxylic acids is 1. The minimum Gasteiger partial charge on any atom is -0.449 e. The third-order valence-corrected chi connectivity index (χ3v) is 5.22. The molecule has 0 spiro atoms. The quantitative estimate of drug-likeness (QED) is 0.452. The monoisotopic (exact) mass is 393 g/mol. The first-order valence-corrected chi connectivity index (χ1v) is 10.1. The Morgan fingerprint density at radius 3 is 2.40 bits per heavy atom. The summed E-state index contributed by atoms with van der Waals surface area (Å²) in [5.41, 5.74) is 6.83. The first-order valence-electron chi connectivity index (χ1n) is 10.1. The lowest BCUT2D eigenvalue weighted by atomic mass is 9.98. The van der Waals surface area contributed by atoms with Gasteiger partial charge in [-0.1, -0.05) is 85.2 Å². The van der Waals surface area contributed by atoms with Crippen LogP contribution in [0.1, 0.15) is 34.6 Å². The number of hydrogen-bond acceptors (Lipinski definition) is 2. The van der Waals surface area contributed by atoms with Crippen LogP contribution in [0.2, 0.25) is 0 Å². The molecule has 0 radical (unpaired) electrons. The minimum atomic E-state index is -0.410. The Labute approximate surface area is 177 Å². The molecular formula is C27H23NO2. The molecule has 4 rings (SSSR count). The molecule has 1 aliphatic rings. The molecule has 3 aromatic rings. The first kappa shape index (κ1) is 19.5. The average Bonchev–Trinajstić information content (AvgIpc) is 3.11. The predicted octanol–water partition coefficient (Wildman–Crippen LogP) is 5.61. The normalized spacial score (nSPS) is 11.6. The van der Waals surface area contributed by atoms with Crippen molar-refractivity contribution in [2.75, 3.05) is 13.2 Å². The van der Waals surface area contributed by atoms with Crippen LogP contribution >= 0.6 is 0 Å². The molecule has 30 heavy (non-hydrogen) atoms. The standard InChI is InChI=1S/C27H23NO2/c1-2-20-11-9-12-21(18-20)10-7-8-17-28-27(29)30-19-26-24-15-5-3-13-22(24)23-14-4-6-16-25(23)26/h2-6,9,11-16,18,26H,1,8,17,19H2,(H,28,29). The fourth-order valence-electron chi connectivity index (χ4n) is 3.78. The molecule has 3 aromatic carbocycles. The van der Waals surface area contributed by atoms with Gasteiger partial charge in [0.05, 0.1) is 0 Å².